The van der Waals surface area contributed by atoms with E-state index < -0.39 is 16.0 Å². The van der Waals surface area contributed by atoms with E-state index in [1.807, 2.05) is 0 Å². The highest BCUT2D eigenvalue weighted by molar-refractivity contribution is 9.10. The molecule has 0 amide bonds. The normalized spacial score (nSPS) is 11.2. The van der Waals surface area contributed by atoms with Crippen LogP contribution in [0.3, 0.4) is 0 Å². The Kier molecular flexibility index (Phi) is 5.86. The average Bonchev–Trinajstić information content (AvgIpc) is 2.54. The van der Waals surface area contributed by atoms with Gasteiger partial charge >= 0.3 is 5.97 Å². The molecular weight excluding hydrogens is 384 g/mol. The maximum absolute atomic E-state index is 12.3. The summed E-state index contributed by atoms with van der Waals surface area (Å²) in [5, 5.41) is 0. The lowest BCUT2D eigenvalue weighted by atomic mass is 10.2. The number of rotatable bonds is 6. The van der Waals surface area contributed by atoms with Crippen molar-refractivity contribution in [1.29, 1.82) is 0 Å². The lowest BCUT2D eigenvalue weighted by molar-refractivity contribution is 0.0526. The first kappa shape index (κ1) is 17.6. The molecule has 0 bridgehead atoms. The molecular formula is C15H15BrN2O4S. The molecule has 0 aliphatic carbocycles. The van der Waals surface area contributed by atoms with Crippen LogP contribution in [-0.4, -0.2) is 26.0 Å². The van der Waals surface area contributed by atoms with Crippen LogP contribution in [0.2, 0.25) is 0 Å². The Morgan fingerprint density at radius 3 is 2.70 bits per heavy atom. The fourth-order valence-corrected chi connectivity index (χ4v) is 3.88. The number of nitrogens with zero attached hydrogens (tertiary/aromatic N) is 1. The number of carbonyl (C=O) groups excluding carboxylic acids is 1. The van der Waals surface area contributed by atoms with Crippen molar-refractivity contribution >= 4 is 31.9 Å². The number of nitrogens with one attached hydrogen (secondary N) is 1. The van der Waals surface area contributed by atoms with Gasteiger partial charge in [-0.05, 0) is 53.2 Å². The summed E-state index contributed by atoms with van der Waals surface area (Å²) in [6.07, 6.45) is 1.59. The molecule has 0 aliphatic rings. The number of carbonyl (C=O) groups is 1. The molecule has 23 heavy (non-hydrogen) atoms. The molecule has 0 radical (unpaired) electrons. The van der Waals surface area contributed by atoms with E-state index in [4.69, 9.17) is 4.74 Å². The van der Waals surface area contributed by atoms with Gasteiger partial charge in [-0.3, -0.25) is 4.98 Å². The van der Waals surface area contributed by atoms with Gasteiger partial charge in [0.1, 0.15) is 0 Å². The molecule has 2 rings (SSSR count). The zero-order valence-electron chi connectivity index (χ0n) is 12.3. The minimum absolute atomic E-state index is 0.0430. The molecule has 0 unspecified atom stereocenters. The van der Waals surface area contributed by atoms with Crippen LogP contribution in [0.4, 0.5) is 0 Å². The Labute approximate surface area is 143 Å². The summed E-state index contributed by atoms with van der Waals surface area (Å²) in [6, 6.07) is 9.45. The third-order valence-corrected chi connectivity index (χ3v) is 5.28. The van der Waals surface area contributed by atoms with E-state index >= 15 is 0 Å². The predicted molar refractivity (Wildman–Crippen MR) is 88.4 cm³/mol. The van der Waals surface area contributed by atoms with Crippen molar-refractivity contribution in [1.82, 2.24) is 9.71 Å². The quantitative estimate of drug-likeness (QED) is 0.755. The van der Waals surface area contributed by atoms with E-state index in [-0.39, 0.29) is 28.1 Å². The number of aromatic nitrogens is 1. The zero-order chi connectivity index (χ0) is 16.9. The van der Waals surface area contributed by atoms with Gasteiger partial charge in [0.15, 0.2) is 0 Å². The molecule has 2 aromatic rings. The van der Waals surface area contributed by atoms with Crippen molar-refractivity contribution < 1.29 is 17.9 Å². The number of halogens is 1. The Morgan fingerprint density at radius 1 is 1.30 bits per heavy atom. The summed E-state index contributed by atoms with van der Waals surface area (Å²) in [5.74, 6) is -0.501. The summed E-state index contributed by atoms with van der Waals surface area (Å²) in [5.41, 5.74) is 0.887. The van der Waals surface area contributed by atoms with Crippen molar-refractivity contribution in [2.24, 2.45) is 0 Å². The Hall–Kier alpha value is -1.77. The smallest absolute Gasteiger partial charge is 0.338 e. The number of benzene rings is 1. The van der Waals surface area contributed by atoms with Crippen molar-refractivity contribution in [3.8, 4) is 0 Å². The van der Waals surface area contributed by atoms with Gasteiger partial charge in [-0.25, -0.2) is 17.9 Å². The van der Waals surface area contributed by atoms with Crippen LogP contribution >= 0.6 is 15.9 Å². The second-order valence-electron chi connectivity index (χ2n) is 4.51. The fourth-order valence-electron chi connectivity index (χ4n) is 1.81. The van der Waals surface area contributed by atoms with E-state index in [1.165, 1.54) is 18.2 Å². The van der Waals surface area contributed by atoms with E-state index in [0.29, 0.717) is 5.69 Å². The third kappa shape index (κ3) is 4.60. The van der Waals surface area contributed by atoms with E-state index in [9.17, 15) is 13.2 Å². The van der Waals surface area contributed by atoms with Crippen molar-refractivity contribution in [3.05, 3.63) is 58.3 Å². The highest BCUT2D eigenvalue weighted by Gasteiger charge is 2.19. The van der Waals surface area contributed by atoms with Crippen LogP contribution in [0, 0.1) is 0 Å². The van der Waals surface area contributed by atoms with Crippen LogP contribution in [-0.2, 0) is 21.3 Å². The summed E-state index contributed by atoms with van der Waals surface area (Å²) in [7, 11) is -3.73. The second-order valence-corrected chi connectivity index (χ2v) is 7.10. The molecule has 1 aromatic carbocycles. The van der Waals surface area contributed by atoms with Crippen LogP contribution < -0.4 is 4.72 Å². The van der Waals surface area contributed by atoms with Gasteiger partial charge in [0.25, 0.3) is 0 Å². The van der Waals surface area contributed by atoms with E-state index in [0.717, 1.165) is 0 Å². The Bertz CT molecular complexity index is 794. The molecule has 0 fully saturated rings. The fraction of sp³-hybridized carbons (Fsp3) is 0.200. The van der Waals surface area contributed by atoms with Gasteiger partial charge in [0.2, 0.25) is 10.0 Å². The molecule has 1 N–H and O–H groups in total. The molecule has 1 heterocycles. The standard InChI is InChI=1S/C15H15BrN2O4S/c1-2-22-15(19)11-6-7-14(13(16)9-11)23(20,21)18-10-12-5-3-4-8-17-12/h3-9,18H,2,10H2,1H3. The number of esters is 1. The van der Waals surface area contributed by atoms with Crippen LogP contribution in [0.1, 0.15) is 23.0 Å². The lowest BCUT2D eigenvalue weighted by Gasteiger charge is -2.09. The van der Waals surface area contributed by atoms with Crippen molar-refractivity contribution in [2.45, 2.75) is 18.4 Å². The minimum atomic E-state index is -3.73. The third-order valence-electron chi connectivity index (χ3n) is 2.90. The largest absolute Gasteiger partial charge is 0.462 e. The maximum Gasteiger partial charge on any atom is 0.338 e. The Balaban J connectivity index is 2.18. The Morgan fingerprint density at radius 2 is 2.09 bits per heavy atom. The molecule has 0 atom stereocenters. The van der Waals surface area contributed by atoms with Gasteiger partial charge in [-0.2, -0.15) is 0 Å². The highest BCUT2D eigenvalue weighted by Crippen LogP contribution is 2.23. The molecule has 0 saturated carbocycles. The first-order valence-corrected chi connectivity index (χ1v) is 9.08. The molecule has 0 saturated heterocycles. The minimum Gasteiger partial charge on any atom is -0.462 e. The monoisotopic (exact) mass is 398 g/mol. The van der Waals surface area contributed by atoms with Crippen LogP contribution in [0.5, 0.6) is 0 Å². The highest BCUT2D eigenvalue weighted by atomic mass is 79.9. The van der Waals surface area contributed by atoms with Gasteiger partial charge < -0.3 is 4.74 Å². The molecule has 0 spiro atoms. The molecule has 8 heteroatoms. The molecule has 1 aromatic heterocycles. The first-order chi connectivity index (χ1) is 10.9. The van der Waals surface area contributed by atoms with Gasteiger partial charge in [0.05, 0.1) is 29.3 Å². The van der Waals surface area contributed by atoms with Gasteiger partial charge in [-0.1, -0.05) is 6.07 Å². The predicted octanol–water partition coefficient (Wildman–Crippen LogP) is 2.50. The SMILES string of the molecule is CCOC(=O)c1ccc(S(=O)(=O)NCc2ccccn2)c(Br)c1. The molecule has 6 nitrogen and oxygen atoms in total. The van der Waals surface area contributed by atoms with Crippen LogP contribution in [0.15, 0.2) is 52.0 Å². The lowest BCUT2D eigenvalue weighted by Crippen LogP contribution is -2.24. The number of sulfonamides is 1. The average molecular weight is 399 g/mol. The van der Waals surface area contributed by atoms with Crippen molar-refractivity contribution in [2.75, 3.05) is 6.61 Å². The number of pyridine rings is 1. The maximum atomic E-state index is 12.3. The number of hydrogen-bond donors (Lipinski definition) is 1. The van der Waals surface area contributed by atoms with Gasteiger partial charge in [0, 0.05) is 10.7 Å². The molecule has 0 aliphatic heterocycles. The zero-order valence-corrected chi connectivity index (χ0v) is 14.7. The number of ether oxygens (including phenoxy) is 1. The summed E-state index contributed by atoms with van der Waals surface area (Å²) in [4.78, 5) is 15.8. The number of hydrogen-bond acceptors (Lipinski definition) is 5. The second kappa shape index (κ2) is 7.67. The molecule has 122 valence electrons. The summed E-state index contributed by atoms with van der Waals surface area (Å²) >= 11 is 3.19. The van der Waals surface area contributed by atoms with Gasteiger partial charge in [-0.15, -0.1) is 0 Å². The topological polar surface area (TPSA) is 85.4 Å². The summed E-state index contributed by atoms with van der Waals surface area (Å²) in [6.45, 7) is 2.03. The summed E-state index contributed by atoms with van der Waals surface area (Å²) < 4.78 is 32.3. The van der Waals surface area contributed by atoms with E-state index in [2.05, 4.69) is 25.6 Å². The first-order valence-electron chi connectivity index (χ1n) is 6.80. The van der Waals surface area contributed by atoms with E-state index in [1.54, 1.807) is 31.3 Å². The van der Waals surface area contributed by atoms with Crippen molar-refractivity contribution in [3.63, 3.8) is 0 Å². The van der Waals surface area contributed by atoms with Crippen LogP contribution in [0.25, 0.3) is 0 Å².